The highest BCUT2D eigenvalue weighted by Crippen LogP contribution is 2.21. The van der Waals surface area contributed by atoms with Gasteiger partial charge in [0.1, 0.15) is 18.1 Å². The molecule has 25 heavy (non-hydrogen) atoms. The van der Waals surface area contributed by atoms with Gasteiger partial charge in [0.2, 0.25) is 0 Å². The van der Waals surface area contributed by atoms with Gasteiger partial charge in [0.05, 0.1) is 6.54 Å². The second kappa shape index (κ2) is 9.57. The molecule has 2 aromatic rings. The SMILES string of the molecule is Cc1cccc(C)c1OCCNC(=O)NCCCc1ccc(O)cc1. The molecule has 2 amide bonds. The van der Waals surface area contributed by atoms with E-state index in [1.807, 2.05) is 44.2 Å². The van der Waals surface area contributed by atoms with Crippen LogP contribution in [0.5, 0.6) is 11.5 Å². The molecule has 0 bridgehead atoms. The van der Waals surface area contributed by atoms with Gasteiger partial charge in [-0.1, -0.05) is 30.3 Å². The lowest BCUT2D eigenvalue weighted by Crippen LogP contribution is -2.38. The van der Waals surface area contributed by atoms with E-state index in [0.29, 0.717) is 19.7 Å². The third kappa shape index (κ3) is 6.37. The van der Waals surface area contributed by atoms with E-state index in [2.05, 4.69) is 10.6 Å². The summed E-state index contributed by atoms with van der Waals surface area (Å²) >= 11 is 0. The number of urea groups is 1. The minimum atomic E-state index is -0.184. The number of phenolic OH excluding ortho intramolecular Hbond substituents is 1. The highest BCUT2D eigenvalue weighted by atomic mass is 16.5. The van der Waals surface area contributed by atoms with Crippen molar-refractivity contribution in [2.24, 2.45) is 0 Å². The van der Waals surface area contributed by atoms with Crippen LogP contribution in [0.2, 0.25) is 0 Å². The Morgan fingerprint density at radius 1 is 1.00 bits per heavy atom. The van der Waals surface area contributed by atoms with E-state index in [4.69, 9.17) is 4.74 Å². The molecule has 0 aromatic heterocycles. The predicted octanol–water partition coefficient (Wildman–Crippen LogP) is 3.32. The summed E-state index contributed by atoms with van der Waals surface area (Å²) in [6.07, 6.45) is 1.70. The fourth-order valence-electron chi connectivity index (χ4n) is 2.56. The van der Waals surface area contributed by atoms with Crippen LogP contribution in [0, 0.1) is 13.8 Å². The second-order valence-corrected chi connectivity index (χ2v) is 6.02. The molecule has 0 atom stereocenters. The van der Waals surface area contributed by atoms with E-state index in [1.54, 1.807) is 12.1 Å². The molecule has 0 fully saturated rings. The number of aryl methyl sites for hydroxylation is 3. The summed E-state index contributed by atoms with van der Waals surface area (Å²) < 4.78 is 5.75. The van der Waals surface area contributed by atoms with Gasteiger partial charge in [0, 0.05) is 6.54 Å². The maximum absolute atomic E-state index is 11.7. The molecule has 0 aliphatic heterocycles. The van der Waals surface area contributed by atoms with E-state index >= 15 is 0 Å². The van der Waals surface area contributed by atoms with Crippen molar-refractivity contribution in [1.82, 2.24) is 10.6 Å². The quantitative estimate of drug-likeness (QED) is 0.645. The highest BCUT2D eigenvalue weighted by Gasteiger charge is 2.04. The monoisotopic (exact) mass is 342 g/mol. The average molecular weight is 342 g/mol. The number of amides is 2. The third-order valence-corrected chi connectivity index (χ3v) is 3.91. The van der Waals surface area contributed by atoms with Gasteiger partial charge in [0.15, 0.2) is 0 Å². The van der Waals surface area contributed by atoms with Gasteiger partial charge in [0.25, 0.3) is 0 Å². The van der Waals surface area contributed by atoms with Crippen LogP contribution in [-0.2, 0) is 6.42 Å². The molecule has 0 radical (unpaired) electrons. The molecule has 0 saturated heterocycles. The van der Waals surface area contributed by atoms with Crippen molar-refractivity contribution in [3.63, 3.8) is 0 Å². The first-order valence-electron chi connectivity index (χ1n) is 8.55. The summed E-state index contributed by atoms with van der Waals surface area (Å²) in [5.74, 6) is 1.16. The summed E-state index contributed by atoms with van der Waals surface area (Å²) in [4.78, 5) is 11.7. The number of hydrogen-bond acceptors (Lipinski definition) is 3. The molecule has 3 N–H and O–H groups in total. The molecule has 5 heteroatoms. The fraction of sp³-hybridized carbons (Fsp3) is 0.350. The summed E-state index contributed by atoms with van der Waals surface area (Å²) in [6, 6.07) is 13.0. The molecule has 5 nitrogen and oxygen atoms in total. The van der Waals surface area contributed by atoms with Crippen molar-refractivity contribution < 1.29 is 14.6 Å². The lowest BCUT2D eigenvalue weighted by Gasteiger charge is -2.12. The Hall–Kier alpha value is -2.69. The first kappa shape index (κ1) is 18.6. The lowest BCUT2D eigenvalue weighted by atomic mass is 10.1. The normalized spacial score (nSPS) is 10.3. The minimum Gasteiger partial charge on any atom is -0.508 e. The van der Waals surface area contributed by atoms with Crippen molar-refractivity contribution >= 4 is 6.03 Å². The largest absolute Gasteiger partial charge is 0.508 e. The van der Waals surface area contributed by atoms with Crippen molar-refractivity contribution in [3.05, 3.63) is 59.2 Å². The third-order valence-electron chi connectivity index (χ3n) is 3.91. The molecule has 0 heterocycles. The maximum Gasteiger partial charge on any atom is 0.314 e. The van der Waals surface area contributed by atoms with Crippen molar-refractivity contribution in [2.75, 3.05) is 19.7 Å². The van der Waals surface area contributed by atoms with Crippen LogP contribution in [0.1, 0.15) is 23.1 Å². The van der Waals surface area contributed by atoms with Crippen LogP contribution in [0.15, 0.2) is 42.5 Å². The topological polar surface area (TPSA) is 70.6 Å². The summed E-state index contributed by atoms with van der Waals surface area (Å²) in [7, 11) is 0. The molecule has 134 valence electrons. The Morgan fingerprint density at radius 2 is 1.64 bits per heavy atom. The second-order valence-electron chi connectivity index (χ2n) is 6.02. The number of para-hydroxylation sites is 1. The molecule has 2 aromatic carbocycles. The van der Waals surface area contributed by atoms with Crippen molar-refractivity contribution in [3.8, 4) is 11.5 Å². The fourth-order valence-corrected chi connectivity index (χ4v) is 2.56. The number of benzene rings is 2. The number of carbonyl (C=O) groups is 1. The minimum absolute atomic E-state index is 0.184. The van der Waals surface area contributed by atoms with Gasteiger partial charge in [-0.2, -0.15) is 0 Å². The van der Waals surface area contributed by atoms with E-state index in [-0.39, 0.29) is 11.8 Å². The number of nitrogens with one attached hydrogen (secondary N) is 2. The zero-order valence-electron chi connectivity index (χ0n) is 14.8. The van der Waals surface area contributed by atoms with E-state index in [1.165, 1.54) is 0 Å². The Morgan fingerprint density at radius 3 is 2.32 bits per heavy atom. The number of phenols is 1. The molecule has 0 saturated carbocycles. The van der Waals surface area contributed by atoms with Crippen LogP contribution in [-0.4, -0.2) is 30.8 Å². The average Bonchev–Trinajstić information content (AvgIpc) is 2.59. The Balaban J connectivity index is 1.57. The van der Waals surface area contributed by atoms with Gasteiger partial charge in [-0.3, -0.25) is 0 Å². The summed E-state index contributed by atoms with van der Waals surface area (Å²) in [5.41, 5.74) is 3.33. The lowest BCUT2D eigenvalue weighted by molar-refractivity contribution is 0.236. The van der Waals surface area contributed by atoms with Gasteiger partial charge in [-0.05, 0) is 55.5 Å². The van der Waals surface area contributed by atoms with Crippen molar-refractivity contribution in [1.29, 1.82) is 0 Å². The van der Waals surface area contributed by atoms with Gasteiger partial charge < -0.3 is 20.5 Å². The predicted molar refractivity (Wildman–Crippen MR) is 99.2 cm³/mol. The number of rotatable bonds is 8. The van der Waals surface area contributed by atoms with Gasteiger partial charge in [-0.15, -0.1) is 0 Å². The number of hydrogen-bond donors (Lipinski definition) is 3. The standard InChI is InChI=1S/C20H26N2O3/c1-15-5-3-6-16(2)19(15)25-14-13-22-20(24)21-12-4-7-17-8-10-18(23)11-9-17/h3,5-6,8-11,23H,4,7,12-14H2,1-2H3,(H2,21,22,24). The maximum atomic E-state index is 11.7. The molecular weight excluding hydrogens is 316 g/mol. The van der Waals surface area contributed by atoms with Crippen LogP contribution in [0.3, 0.4) is 0 Å². The Bertz CT molecular complexity index is 664. The molecule has 0 aliphatic rings. The van der Waals surface area contributed by atoms with Gasteiger partial charge in [-0.25, -0.2) is 4.79 Å². The molecule has 2 rings (SSSR count). The van der Waals surface area contributed by atoms with Crippen LogP contribution >= 0.6 is 0 Å². The number of carbonyl (C=O) groups excluding carboxylic acids is 1. The van der Waals surface area contributed by atoms with Crippen molar-refractivity contribution in [2.45, 2.75) is 26.7 Å². The van der Waals surface area contributed by atoms with Crippen LogP contribution in [0.25, 0.3) is 0 Å². The van der Waals surface area contributed by atoms with E-state index in [0.717, 1.165) is 35.3 Å². The summed E-state index contributed by atoms with van der Waals surface area (Å²) in [6.45, 7) is 5.52. The van der Waals surface area contributed by atoms with Crippen LogP contribution in [0.4, 0.5) is 4.79 Å². The summed E-state index contributed by atoms with van der Waals surface area (Å²) in [5, 5.41) is 14.9. The Labute approximate surface area is 149 Å². The smallest absolute Gasteiger partial charge is 0.314 e. The number of ether oxygens (including phenoxy) is 1. The molecule has 0 unspecified atom stereocenters. The molecular formula is C20H26N2O3. The van der Waals surface area contributed by atoms with E-state index < -0.39 is 0 Å². The van der Waals surface area contributed by atoms with Crippen LogP contribution < -0.4 is 15.4 Å². The highest BCUT2D eigenvalue weighted by molar-refractivity contribution is 5.73. The Kier molecular flexibility index (Phi) is 7.14. The van der Waals surface area contributed by atoms with E-state index in [9.17, 15) is 9.90 Å². The number of aromatic hydroxyl groups is 1. The van der Waals surface area contributed by atoms with Gasteiger partial charge >= 0.3 is 6.03 Å². The molecule has 0 aliphatic carbocycles. The zero-order chi connectivity index (χ0) is 18.1. The first-order valence-corrected chi connectivity index (χ1v) is 8.55. The first-order chi connectivity index (χ1) is 12.1. The zero-order valence-corrected chi connectivity index (χ0v) is 14.8. The molecule has 0 spiro atoms.